The van der Waals surface area contributed by atoms with Gasteiger partial charge in [0.25, 0.3) is 0 Å². The van der Waals surface area contributed by atoms with Crippen LogP contribution < -0.4 is 10.1 Å². The molecule has 0 spiro atoms. The topological polar surface area (TPSA) is 21.3 Å². The van der Waals surface area contributed by atoms with Crippen molar-refractivity contribution in [3.63, 3.8) is 0 Å². The molecule has 1 aliphatic rings. The Morgan fingerprint density at radius 2 is 2.11 bits per heavy atom. The molecule has 1 saturated heterocycles. The average molecular weight is 270 g/mol. The first-order chi connectivity index (χ1) is 8.25. The van der Waals surface area contributed by atoms with Crippen molar-refractivity contribution in [1.29, 1.82) is 0 Å². The molecule has 1 N–H and O–H groups in total. The lowest BCUT2D eigenvalue weighted by molar-refractivity contribution is 0.267. The number of hydrogen-bond donors (Lipinski definition) is 1. The van der Waals surface area contributed by atoms with Crippen LogP contribution in [0.15, 0.2) is 18.2 Å². The number of nitrogens with one attached hydrogen (secondary N) is 1. The maximum Gasteiger partial charge on any atom is 0.122 e. The molecule has 1 unspecified atom stereocenters. The third-order valence-electron chi connectivity index (χ3n) is 3.48. The maximum absolute atomic E-state index is 5.88. The van der Waals surface area contributed by atoms with Crippen molar-refractivity contribution < 1.29 is 4.74 Å². The predicted octanol–water partition coefficient (Wildman–Crippen LogP) is 3.64. The SMILES string of the molecule is Cc1ccc(C)c(OCCC2CCCCN2)c1.Cl. The normalized spacial score (nSPS) is 19.1. The molecule has 1 aromatic carbocycles. The van der Waals surface area contributed by atoms with Crippen LogP contribution >= 0.6 is 12.4 Å². The average Bonchev–Trinajstić information content (AvgIpc) is 2.35. The van der Waals surface area contributed by atoms with E-state index in [9.17, 15) is 0 Å². The van der Waals surface area contributed by atoms with Crippen LogP contribution in [0.2, 0.25) is 0 Å². The fourth-order valence-electron chi connectivity index (χ4n) is 2.34. The summed E-state index contributed by atoms with van der Waals surface area (Å²) >= 11 is 0. The molecule has 1 aliphatic heterocycles. The van der Waals surface area contributed by atoms with Gasteiger partial charge in [0.15, 0.2) is 0 Å². The van der Waals surface area contributed by atoms with Crippen LogP contribution in [0.4, 0.5) is 0 Å². The minimum absolute atomic E-state index is 0. The fraction of sp³-hybridized carbons (Fsp3) is 0.600. The van der Waals surface area contributed by atoms with Crippen LogP contribution in [0, 0.1) is 13.8 Å². The van der Waals surface area contributed by atoms with E-state index in [1.54, 1.807) is 0 Å². The molecule has 1 heterocycles. The summed E-state index contributed by atoms with van der Waals surface area (Å²) < 4.78 is 5.88. The lowest BCUT2D eigenvalue weighted by atomic mass is 10.0. The van der Waals surface area contributed by atoms with Crippen molar-refractivity contribution >= 4 is 12.4 Å². The third kappa shape index (κ3) is 4.51. The summed E-state index contributed by atoms with van der Waals surface area (Å²) in [7, 11) is 0. The van der Waals surface area contributed by atoms with Crippen molar-refractivity contribution in [1.82, 2.24) is 5.32 Å². The minimum atomic E-state index is 0. The molecule has 1 fully saturated rings. The Morgan fingerprint density at radius 3 is 2.83 bits per heavy atom. The summed E-state index contributed by atoms with van der Waals surface area (Å²) in [5.74, 6) is 1.04. The van der Waals surface area contributed by atoms with Gasteiger partial charge in [-0.1, -0.05) is 18.6 Å². The molecule has 3 heteroatoms. The Labute approximate surface area is 117 Å². The van der Waals surface area contributed by atoms with Crippen LogP contribution in [0.3, 0.4) is 0 Å². The summed E-state index contributed by atoms with van der Waals surface area (Å²) in [6.07, 6.45) is 5.11. The molecule has 18 heavy (non-hydrogen) atoms. The van der Waals surface area contributed by atoms with Gasteiger partial charge in [-0.2, -0.15) is 0 Å². The standard InChI is InChI=1S/C15H23NO.ClH/c1-12-6-7-13(2)15(11-12)17-10-8-14-5-3-4-9-16-14;/h6-7,11,14,16H,3-5,8-10H2,1-2H3;1H. The molecule has 0 radical (unpaired) electrons. The molecule has 2 nitrogen and oxygen atoms in total. The molecule has 102 valence electrons. The largest absolute Gasteiger partial charge is 0.493 e. The number of benzene rings is 1. The highest BCUT2D eigenvalue weighted by atomic mass is 35.5. The summed E-state index contributed by atoms with van der Waals surface area (Å²) in [5, 5.41) is 3.55. The zero-order valence-electron chi connectivity index (χ0n) is 11.4. The lowest BCUT2D eigenvalue weighted by Crippen LogP contribution is -2.35. The van der Waals surface area contributed by atoms with Crippen molar-refractivity contribution in [2.75, 3.05) is 13.2 Å². The number of piperidine rings is 1. The van der Waals surface area contributed by atoms with Gasteiger partial charge in [-0.25, -0.2) is 0 Å². The van der Waals surface area contributed by atoms with Crippen molar-refractivity contribution in [2.24, 2.45) is 0 Å². The summed E-state index contributed by atoms with van der Waals surface area (Å²) in [5.41, 5.74) is 2.49. The second-order valence-electron chi connectivity index (χ2n) is 5.05. The fourth-order valence-corrected chi connectivity index (χ4v) is 2.34. The quantitative estimate of drug-likeness (QED) is 0.901. The van der Waals surface area contributed by atoms with Crippen LogP contribution in [0.1, 0.15) is 36.8 Å². The molecular formula is C15H24ClNO. The molecule has 0 aromatic heterocycles. The predicted molar refractivity (Wildman–Crippen MR) is 78.9 cm³/mol. The monoisotopic (exact) mass is 269 g/mol. The Hall–Kier alpha value is -0.730. The van der Waals surface area contributed by atoms with E-state index in [0.29, 0.717) is 6.04 Å². The zero-order valence-corrected chi connectivity index (χ0v) is 12.2. The molecule has 1 atom stereocenters. The Bertz CT molecular complexity index is 362. The van der Waals surface area contributed by atoms with Crippen LogP contribution in [-0.4, -0.2) is 19.2 Å². The lowest BCUT2D eigenvalue weighted by Gasteiger charge is -2.23. The van der Waals surface area contributed by atoms with Gasteiger partial charge in [-0.3, -0.25) is 0 Å². The molecule has 0 saturated carbocycles. The van der Waals surface area contributed by atoms with Gasteiger partial charge in [0.2, 0.25) is 0 Å². The number of ether oxygens (including phenoxy) is 1. The molecular weight excluding hydrogens is 246 g/mol. The Balaban J connectivity index is 0.00000162. The van der Waals surface area contributed by atoms with E-state index in [0.717, 1.165) is 18.8 Å². The first-order valence-corrected chi connectivity index (χ1v) is 6.69. The van der Waals surface area contributed by atoms with Crippen molar-refractivity contribution in [3.05, 3.63) is 29.3 Å². The molecule has 0 amide bonds. The van der Waals surface area contributed by atoms with E-state index in [2.05, 4.69) is 37.4 Å². The van der Waals surface area contributed by atoms with Gasteiger partial charge < -0.3 is 10.1 Å². The second-order valence-corrected chi connectivity index (χ2v) is 5.05. The van der Waals surface area contributed by atoms with E-state index in [1.165, 1.54) is 36.9 Å². The van der Waals surface area contributed by atoms with Crippen LogP contribution in [-0.2, 0) is 0 Å². The van der Waals surface area contributed by atoms with E-state index in [4.69, 9.17) is 4.74 Å². The Morgan fingerprint density at radius 1 is 1.28 bits per heavy atom. The van der Waals surface area contributed by atoms with Crippen molar-refractivity contribution in [2.45, 2.75) is 45.6 Å². The number of aryl methyl sites for hydroxylation is 2. The zero-order chi connectivity index (χ0) is 12.1. The van der Waals surface area contributed by atoms with Crippen molar-refractivity contribution in [3.8, 4) is 5.75 Å². The van der Waals surface area contributed by atoms with E-state index < -0.39 is 0 Å². The number of hydrogen-bond acceptors (Lipinski definition) is 2. The Kier molecular flexibility index (Phi) is 6.51. The highest BCUT2D eigenvalue weighted by molar-refractivity contribution is 5.85. The minimum Gasteiger partial charge on any atom is -0.493 e. The van der Waals surface area contributed by atoms with Gasteiger partial charge in [0.05, 0.1) is 6.61 Å². The number of rotatable bonds is 4. The second kappa shape index (κ2) is 7.65. The molecule has 0 aliphatic carbocycles. The van der Waals surface area contributed by atoms with Gasteiger partial charge in [0.1, 0.15) is 5.75 Å². The van der Waals surface area contributed by atoms with Crippen LogP contribution in [0.25, 0.3) is 0 Å². The highest BCUT2D eigenvalue weighted by Gasteiger charge is 2.12. The van der Waals surface area contributed by atoms with Gasteiger partial charge in [-0.15, -0.1) is 12.4 Å². The summed E-state index contributed by atoms with van der Waals surface area (Å²) in [6.45, 7) is 6.21. The first-order valence-electron chi connectivity index (χ1n) is 6.69. The maximum atomic E-state index is 5.88. The molecule has 0 bridgehead atoms. The third-order valence-corrected chi connectivity index (χ3v) is 3.48. The van der Waals surface area contributed by atoms with Crippen LogP contribution in [0.5, 0.6) is 5.75 Å². The first kappa shape index (κ1) is 15.3. The van der Waals surface area contributed by atoms with Gasteiger partial charge in [-0.05, 0) is 56.8 Å². The van der Waals surface area contributed by atoms with Gasteiger partial charge in [0, 0.05) is 6.04 Å². The van der Waals surface area contributed by atoms with E-state index >= 15 is 0 Å². The summed E-state index contributed by atoms with van der Waals surface area (Å²) in [6, 6.07) is 7.05. The smallest absolute Gasteiger partial charge is 0.122 e. The van der Waals surface area contributed by atoms with E-state index in [1.807, 2.05) is 0 Å². The molecule has 1 aromatic rings. The van der Waals surface area contributed by atoms with Gasteiger partial charge >= 0.3 is 0 Å². The highest BCUT2D eigenvalue weighted by Crippen LogP contribution is 2.19. The number of halogens is 1. The van der Waals surface area contributed by atoms with E-state index in [-0.39, 0.29) is 12.4 Å². The molecule has 2 rings (SSSR count). The summed E-state index contributed by atoms with van der Waals surface area (Å²) in [4.78, 5) is 0.